The molecule has 0 saturated carbocycles. The average Bonchev–Trinajstić information content (AvgIpc) is 2.84. The molecular weight excluding hydrogens is 380 g/mol. The molecule has 0 radical (unpaired) electrons. The first-order chi connectivity index (χ1) is 11.9. The first-order valence-electron chi connectivity index (χ1n) is 7.03. The zero-order valence-electron chi connectivity index (χ0n) is 12.6. The van der Waals surface area contributed by atoms with E-state index in [9.17, 15) is 15.0 Å². The largest absolute Gasteiger partial charge is 0.504 e. The Morgan fingerprint density at radius 1 is 1.08 bits per heavy atom. The lowest BCUT2D eigenvalue weighted by Crippen LogP contribution is -2.22. The fourth-order valence-corrected chi connectivity index (χ4v) is 3.31. The molecule has 8 heteroatoms. The lowest BCUT2D eigenvalue weighted by atomic mass is 10.2. The molecule has 0 spiro atoms. The zero-order valence-corrected chi connectivity index (χ0v) is 15.0. The summed E-state index contributed by atoms with van der Waals surface area (Å²) in [6.07, 6.45) is 3.10. The number of aromatic hydroxyl groups is 2. The molecule has 25 heavy (non-hydrogen) atoms. The van der Waals surface area contributed by atoms with E-state index in [-0.39, 0.29) is 17.4 Å². The van der Waals surface area contributed by atoms with Crippen molar-refractivity contribution in [3.05, 3.63) is 63.5 Å². The second kappa shape index (κ2) is 7.26. The van der Waals surface area contributed by atoms with Crippen LogP contribution in [-0.2, 0) is 4.79 Å². The number of halogens is 1. The Morgan fingerprint density at radius 2 is 1.76 bits per heavy atom. The Morgan fingerprint density at radius 3 is 2.44 bits per heavy atom. The molecule has 0 bridgehead atoms. The Kier molecular flexibility index (Phi) is 5.08. The van der Waals surface area contributed by atoms with Gasteiger partial charge in [0.15, 0.2) is 15.8 Å². The van der Waals surface area contributed by atoms with Crippen LogP contribution in [0.4, 0.5) is 0 Å². The molecule has 2 aromatic rings. The van der Waals surface area contributed by atoms with Gasteiger partial charge in [-0.1, -0.05) is 35.5 Å². The van der Waals surface area contributed by atoms with Crippen molar-refractivity contribution in [1.82, 2.24) is 5.01 Å². The van der Waals surface area contributed by atoms with Gasteiger partial charge in [-0.05, 0) is 59.8 Å². The van der Waals surface area contributed by atoms with E-state index in [1.54, 1.807) is 36.4 Å². The molecule has 5 nitrogen and oxygen atoms in total. The van der Waals surface area contributed by atoms with Crippen LogP contribution < -0.4 is 0 Å². The van der Waals surface area contributed by atoms with Crippen LogP contribution in [0.1, 0.15) is 11.1 Å². The fraction of sp³-hybridized carbons (Fsp3) is 0. The van der Waals surface area contributed by atoms with Crippen LogP contribution >= 0.6 is 35.6 Å². The van der Waals surface area contributed by atoms with E-state index in [1.165, 1.54) is 18.3 Å². The number of thioether (sulfide) groups is 1. The summed E-state index contributed by atoms with van der Waals surface area (Å²) in [6, 6.07) is 11.3. The van der Waals surface area contributed by atoms with Crippen molar-refractivity contribution in [2.75, 3.05) is 0 Å². The molecule has 0 aromatic heterocycles. The number of carbonyl (C=O) groups excluding carboxylic acids is 1. The number of phenols is 2. The standard InChI is InChI=1S/C17H11ClN2O3S2/c18-12-4-1-10(2-5-12)8-15-16(23)20(17(24)25-15)19-9-11-3-6-13(21)14(22)7-11/h1-9,21-22H/b15-8+,19-9+. The lowest BCUT2D eigenvalue weighted by Gasteiger charge is -2.06. The smallest absolute Gasteiger partial charge is 0.286 e. The van der Waals surface area contributed by atoms with Gasteiger partial charge in [0.1, 0.15) is 0 Å². The number of hydrazone groups is 1. The SMILES string of the molecule is O=C1/C(=C\c2ccc(Cl)cc2)SC(=S)N1/N=C/c1ccc(O)c(O)c1. The molecule has 0 aliphatic carbocycles. The van der Waals surface area contributed by atoms with E-state index >= 15 is 0 Å². The van der Waals surface area contributed by atoms with E-state index < -0.39 is 0 Å². The number of hydrogen-bond donors (Lipinski definition) is 2. The van der Waals surface area contributed by atoms with Crippen LogP contribution in [0.2, 0.25) is 5.02 Å². The monoisotopic (exact) mass is 390 g/mol. The summed E-state index contributed by atoms with van der Waals surface area (Å²) < 4.78 is 0.310. The van der Waals surface area contributed by atoms with Gasteiger partial charge >= 0.3 is 0 Å². The van der Waals surface area contributed by atoms with Gasteiger partial charge in [0.05, 0.1) is 11.1 Å². The van der Waals surface area contributed by atoms with Crippen molar-refractivity contribution in [2.24, 2.45) is 5.10 Å². The molecule has 0 unspecified atom stereocenters. The molecule has 1 heterocycles. The second-order valence-corrected chi connectivity index (χ2v) is 7.15. The van der Waals surface area contributed by atoms with Gasteiger partial charge in [0.25, 0.3) is 5.91 Å². The number of thiocarbonyl (C=S) groups is 1. The Hall–Kier alpha value is -2.35. The first-order valence-corrected chi connectivity index (χ1v) is 8.64. The quantitative estimate of drug-likeness (QED) is 0.359. The van der Waals surface area contributed by atoms with E-state index in [1.807, 2.05) is 0 Å². The van der Waals surface area contributed by atoms with Crippen molar-refractivity contribution < 1.29 is 15.0 Å². The predicted octanol–water partition coefficient (Wildman–Crippen LogP) is 3.99. The molecular formula is C17H11ClN2O3S2. The van der Waals surface area contributed by atoms with Gasteiger partial charge in [0, 0.05) is 5.02 Å². The third-order valence-electron chi connectivity index (χ3n) is 3.26. The van der Waals surface area contributed by atoms with Crippen molar-refractivity contribution in [3.63, 3.8) is 0 Å². The van der Waals surface area contributed by atoms with Crippen LogP contribution in [0.25, 0.3) is 6.08 Å². The molecule has 2 N–H and O–H groups in total. The van der Waals surface area contributed by atoms with Gasteiger partial charge in [-0.25, -0.2) is 0 Å². The Bertz CT molecular complexity index is 911. The third-order valence-corrected chi connectivity index (χ3v) is 4.80. The van der Waals surface area contributed by atoms with E-state index in [2.05, 4.69) is 5.10 Å². The van der Waals surface area contributed by atoms with Gasteiger partial charge in [-0.3, -0.25) is 4.79 Å². The molecule has 3 rings (SSSR count). The minimum absolute atomic E-state index is 0.228. The van der Waals surface area contributed by atoms with Gasteiger partial charge in [-0.15, -0.1) is 0 Å². The summed E-state index contributed by atoms with van der Waals surface area (Å²) in [6.45, 7) is 0. The lowest BCUT2D eigenvalue weighted by molar-refractivity contribution is -0.122. The molecule has 126 valence electrons. The van der Waals surface area contributed by atoms with Crippen LogP contribution in [0, 0.1) is 0 Å². The number of amides is 1. The summed E-state index contributed by atoms with van der Waals surface area (Å²) in [7, 11) is 0. The highest BCUT2D eigenvalue weighted by Crippen LogP contribution is 2.33. The highest BCUT2D eigenvalue weighted by molar-refractivity contribution is 8.26. The van der Waals surface area contributed by atoms with Crippen molar-refractivity contribution in [2.45, 2.75) is 0 Å². The number of rotatable bonds is 3. The van der Waals surface area contributed by atoms with Crippen LogP contribution in [0.3, 0.4) is 0 Å². The zero-order chi connectivity index (χ0) is 18.0. The van der Waals surface area contributed by atoms with Gasteiger partial charge < -0.3 is 10.2 Å². The number of carbonyl (C=O) groups is 1. The summed E-state index contributed by atoms with van der Waals surface area (Å²) in [5, 5.41) is 24.6. The number of phenolic OH excluding ortho intramolecular Hbond substituents is 2. The molecule has 1 fully saturated rings. The summed E-state index contributed by atoms with van der Waals surface area (Å²) >= 11 is 12.2. The second-order valence-electron chi connectivity index (χ2n) is 5.04. The topological polar surface area (TPSA) is 73.1 Å². The van der Waals surface area contributed by atoms with E-state index in [0.717, 1.165) is 22.3 Å². The number of benzene rings is 2. The Balaban J connectivity index is 1.80. The molecule has 1 saturated heterocycles. The molecule has 2 aromatic carbocycles. The average molecular weight is 391 g/mol. The maximum absolute atomic E-state index is 12.4. The summed E-state index contributed by atoms with van der Waals surface area (Å²) in [5.74, 6) is -0.824. The molecule has 1 amide bonds. The molecule has 1 aliphatic rings. The molecule has 0 atom stereocenters. The van der Waals surface area contributed by atoms with Gasteiger partial charge in [0.2, 0.25) is 0 Å². The number of nitrogens with zero attached hydrogens (tertiary/aromatic N) is 2. The highest BCUT2D eigenvalue weighted by atomic mass is 35.5. The minimum atomic E-state index is -0.329. The summed E-state index contributed by atoms with van der Waals surface area (Å²) in [5.41, 5.74) is 1.35. The van der Waals surface area contributed by atoms with Crippen LogP contribution in [-0.4, -0.2) is 31.7 Å². The predicted molar refractivity (Wildman–Crippen MR) is 104 cm³/mol. The van der Waals surface area contributed by atoms with Crippen molar-refractivity contribution in [3.8, 4) is 11.5 Å². The minimum Gasteiger partial charge on any atom is -0.504 e. The van der Waals surface area contributed by atoms with Crippen LogP contribution in [0.5, 0.6) is 11.5 Å². The third kappa shape index (κ3) is 4.01. The Labute approximate surface area is 158 Å². The highest BCUT2D eigenvalue weighted by Gasteiger charge is 2.32. The normalized spacial score (nSPS) is 16.4. The van der Waals surface area contributed by atoms with Crippen molar-refractivity contribution in [1.29, 1.82) is 0 Å². The number of hydrogen-bond acceptors (Lipinski definition) is 6. The maximum Gasteiger partial charge on any atom is 0.286 e. The first kappa shape index (κ1) is 17.5. The molecule has 1 aliphatic heterocycles. The van der Waals surface area contributed by atoms with E-state index in [0.29, 0.717) is 19.8 Å². The fourth-order valence-electron chi connectivity index (χ4n) is 2.01. The van der Waals surface area contributed by atoms with Crippen LogP contribution in [0.15, 0.2) is 52.5 Å². The maximum atomic E-state index is 12.4. The van der Waals surface area contributed by atoms with Gasteiger partial charge in [-0.2, -0.15) is 10.1 Å². The van der Waals surface area contributed by atoms with Crippen molar-refractivity contribution >= 4 is 58.1 Å². The summed E-state index contributed by atoms with van der Waals surface area (Å²) in [4.78, 5) is 12.9. The van der Waals surface area contributed by atoms with E-state index in [4.69, 9.17) is 23.8 Å².